The highest BCUT2D eigenvalue weighted by molar-refractivity contribution is 9.10. The van der Waals surface area contributed by atoms with E-state index in [2.05, 4.69) is 30.1 Å². The van der Waals surface area contributed by atoms with Crippen LogP contribution in [0.5, 0.6) is 0 Å². The van der Waals surface area contributed by atoms with Crippen molar-refractivity contribution in [1.82, 2.24) is 4.72 Å². The molecule has 144 valence electrons. The van der Waals surface area contributed by atoms with Gasteiger partial charge in [0.15, 0.2) is 0 Å². The van der Waals surface area contributed by atoms with E-state index in [0.717, 1.165) is 36.4 Å². The van der Waals surface area contributed by atoms with Crippen LogP contribution in [0.2, 0.25) is 0 Å². The van der Waals surface area contributed by atoms with Gasteiger partial charge in [0.05, 0.1) is 30.2 Å². The molecule has 1 unspecified atom stereocenters. The number of hydrogen-bond donors (Lipinski definition) is 1. The minimum absolute atomic E-state index is 0.0747. The third kappa shape index (κ3) is 4.94. The minimum atomic E-state index is -4.04. The minimum Gasteiger partial charge on any atom is -0.465 e. The van der Waals surface area contributed by atoms with Crippen molar-refractivity contribution in [3.63, 3.8) is 0 Å². The van der Waals surface area contributed by atoms with E-state index < -0.39 is 28.0 Å². The van der Waals surface area contributed by atoms with E-state index in [9.17, 15) is 18.0 Å². The van der Waals surface area contributed by atoms with Crippen molar-refractivity contribution in [2.75, 3.05) is 14.2 Å². The highest BCUT2D eigenvalue weighted by Gasteiger charge is 2.23. The van der Waals surface area contributed by atoms with E-state index >= 15 is 0 Å². The lowest BCUT2D eigenvalue weighted by molar-refractivity contribution is 0.0598. The summed E-state index contributed by atoms with van der Waals surface area (Å²) in [5.74, 6) is -1.54. The Hall–Kier alpha value is -2.23. The zero-order valence-electron chi connectivity index (χ0n) is 14.9. The summed E-state index contributed by atoms with van der Waals surface area (Å²) in [7, 11) is -1.72. The Kier molecular flexibility index (Phi) is 6.74. The van der Waals surface area contributed by atoms with E-state index in [4.69, 9.17) is 0 Å². The van der Waals surface area contributed by atoms with Gasteiger partial charge in [-0.2, -0.15) is 0 Å². The Bertz CT molecular complexity index is 939. The van der Waals surface area contributed by atoms with Crippen molar-refractivity contribution in [3.8, 4) is 0 Å². The number of methoxy groups -OCH3 is 2. The highest BCUT2D eigenvalue weighted by atomic mass is 79.9. The molecule has 0 aliphatic heterocycles. The predicted octanol–water partition coefficient (Wildman–Crippen LogP) is 3.06. The Morgan fingerprint density at radius 3 is 2.00 bits per heavy atom. The van der Waals surface area contributed by atoms with Crippen LogP contribution in [0.25, 0.3) is 0 Å². The monoisotopic (exact) mass is 455 g/mol. The maximum absolute atomic E-state index is 12.8. The number of rotatable bonds is 6. The number of halogens is 1. The van der Waals surface area contributed by atoms with E-state index in [1.54, 1.807) is 25.1 Å². The van der Waals surface area contributed by atoms with Crippen LogP contribution >= 0.6 is 15.9 Å². The molecule has 0 aliphatic rings. The molecule has 0 spiro atoms. The lowest BCUT2D eigenvalue weighted by atomic mass is 10.1. The van der Waals surface area contributed by atoms with Gasteiger partial charge in [-0.25, -0.2) is 22.7 Å². The Morgan fingerprint density at radius 1 is 1.00 bits per heavy atom. The van der Waals surface area contributed by atoms with Gasteiger partial charge in [-0.3, -0.25) is 0 Å². The van der Waals surface area contributed by atoms with Crippen LogP contribution in [-0.2, 0) is 19.5 Å². The molecule has 0 fully saturated rings. The fourth-order valence-corrected chi connectivity index (χ4v) is 4.34. The molecule has 0 heterocycles. The molecule has 27 heavy (non-hydrogen) atoms. The first-order valence-corrected chi connectivity index (χ1v) is 10.1. The van der Waals surface area contributed by atoms with Crippen LogP contribution in [0.1, 0.15) is 39.2 Å². The molecule has 0 aliphatic carbocycles. The summed E-state index contributed by atoms with van der Waals surface area (Å²) in [4.78, 5) is 23.5. The van der Waals surface area contributed by atoms with Crippen LogP contribution in [0.3, 0.4) is 0 Å². The van der Waals surface area contributed by atoms with Crippen molar-refractivity contribution < 1.29 is 27.5 Å². The van der Waals surface area contributed by atoms with Gasteiger partial charge in [-0.1, -0.05) is 34.1 Å². The molecule has 7 nitrogen and oxygen atoms in total. The van der Waals surface area contributed by atoms with Crippen LogP contribution < -0.4 is 4.72 Å². The van der Waals surface area contributed by atoms with E-state index in [0.29, 0.717) is 0 Å². The molecule has 0 saturated heterocycles. The standard InChI is InChI=1S/C18H18BrNO6S/c1-11(15-6-4-5-7-16(15)19)20-27(23,24)14-9-12(17(21)25-2)8-13(10-14)18(22)26-3/h4-11,20H,1-3H3. The van der Waals surface area contributed by atoms with Crippen molar-refractivity contribution in [2.24, 2.45) is 0 Å². The summed E-state index contributed by atoms with van der Waals surface area (Å²) in [6.07, 6.45) is 0. The number of ether oxygens (including phenoxy) is 2. The predicted molar refractivity (Wildman–Crippen MR) is 102 cm³/mol. The summed E-state index contributed by atoms with van der Waals surface area (Å²) in [6, 6.07) is 10.1. The average Bonchev–Trinajstić information content (AvgIpc) is 2.66. The maximum Gasteiger partial charge on any atom is 0.337 e. The van der Waals surface area contributed by atoms with Gasteiger partial charge in [0.2, 0.25) is 10.0 Å². The van der Waals surface area contributed by atoms with Crippen LogP contribution in [-0.4, -0.2) is 34.6 Å². The molecule has 0 aromatic heterocycles. The number of carbonyl (C=O) groups excluding carboxylic acids is 2. The van der Waals surface area contributed by atoms with E-state index in [-0.39, 0.29) is 16.0 Å². The lowest BCUT2D eigenvalue weighted by Gasteiger charge is -2.17. The van der Waals surface area contributed by atoms with Gasteiger partial charge in [-0.15, -0.1) is 0 Å². The normalized spacial score (nSPS) is 12.3. The van der Waals surface area contributed by atoms with Gasteiger partial charge in [0.1, 0.15) is 0 Å². The fourth-order valence-electron chi connectivity index (χ4n) is 2.42. The molecule has 0 bridgehead atoms. The molecule has 2 aromatic rings. The van der Waals surface area contributed by atoms with Gasteiger partial charge >= 0.3 is 11.9 Å². The Labute approximate surface area is 165 Å². The zero-order chi connectivity index (χ0) is 20.2. The Balaban J connectivity index is 2.46. The van der Waals surface area contributed by atoms with Gasteiger partial charge in [0.25, 0.3) is 0 Å². The second kappa shape index (κ2) is 8.64. The van der Waals surface area contributed by atoms with Crippen LogP contribution in [0, 0.1) is 0 Å². The maximum atomic E-state index is 12.8. The topological polar surface area (TPSA) is 98.8 Å². The van der Waals surface area contributed by atoms with Crippen LogP contribution in [0.4, 0.5) is 0 Å². The molecular formula is C18H18BrNO6S. The van der Waals surface area contributed by atoms with Crippen molar-refractivity contribution in [2.45, 2.75) is 17.9 Å². The summed E-state index contributed by atoms with van der Waals surface area (Å²) in [5.41, 5.74) is 0.585. The van der Waals surface area contributed by atoms with Gasteiger partial charge < -0.3 is 9.47 Å². The largest absolute Gasteiger partial charge is 0.465 e. The molecule has 9 heteroatoms. The third-order valence-electron chi connectivity index (χ3n) is 3.76. The van der Waals surface area contributed by atoms with Crippen LogP contribution in [0.15, 0.2) is 51.8 Å². The number of carbonyl (C=O) groups is 2. The summed E-state index contributed by atoms with van der Waals surface area (Å²) in [6.45, 7) is 1.68. The van der Waals surface area contributed by atoms with Crippen molar-refractivity contribution >= 4 is 37.9 Å². The van der Waals surface area contributed by atoms with Crippen molar-refractivity contribution in [1.29, 1.82) is 0 Å². The highest BCUT2D eigenvalue weighted by Crippen LogP contribution is 2.25. The zero-order valence-corrected chi connectivity index (χ0v) is 17.3. The molecular weight excluding hydrogens is 438 g/mol. The van der Waals surface area contributed by atoms with E-state index in [1.807, 2.05) is 6.07 Å². The molecule has 2 aromatic carbocycles. The molecule has 1 N–H and O–H groups in total. The second-order valence-corrected chi connectivity index (χ2v) is 8.16. The van der Waals surface area contributed by atoms with Gasteiger partial charge in [-0.05, 0) is 36.8 Å². The smallest absolute Gasteiger partial charge is 0.337 e. The molecule has 0 amide bonds. The second-order valence-electron chi connectivity index (χ2n) is 5.59. The summed E-state index contributed by atoms with van der Waals surface area (Å²) in [5, 5.41) is 0. The number of sulfonamides is 1. The molecule has 0 radical (unpaired) electrons. The summed E-state index contributed by atoms with van der Waals surface area (Å²) >= 11 is 3.38. The molecule has 0 saturated carbocycles. The molecule has 1 atom stereocenters. The first-order valence-electron chi connectivity index (χ1n) is 7.78. The quantitative estimate of drug-likeness (QED) is 0.671. The number of esters is 2. The lowest BCUT2D eigenvalue weighted by Crippen LogP contribution is -2.27. The van der Waals surface area contributed by atoms with Gasteiger partial charge in [0, 0.05) is 10.5 Å². The average molecular weight is 456 g/mol. The van der Waals surface area contributed by atoms with E-state index in [1.165, 1.54) is 6.07 Å². The van der Waals surface area contributed by atoms with Crippen molar-refractivity contribution in [3.05, 3.63) is 63.6 Å². The molecule has 2 rings (SSSR count). The number of hydrogen-bond acceptors (Lipinski definition) is 6. The number of nitrogens with one attached hydrogen (secondary N) is 1. The first-order chi connectivity index (χ1) is 12.7. The first kappa shape index (κ1) is 21.1. The Morgan fingerprint density at radius 2 is 1.52 bits per heavy atom. The third-order valence-corrected chi connectivity index (χ3v) is 6.01. The fraction of sp³-hybridized carbons (Fsp3) is 0.222. The number of benzene rings is 2. The summed E-state index contributed by atoms with van der Waals surface area (Å²) < 4.78 is 38.2. The SMILES string of the molecule is COC(=O)c1cc(C(=O)OC)cc(S(=O)(=O)NC(C)c2ccccc2Br)c1.